The van der Waals surface area contributed by atoms with Gasteiger partial charge in [-0.2, -0.15) is 0 Å². The number of anilines is 2. The fourth-order valence-corrected chi connectivity index (χ4v) is 4.61. The highest BCUT2D eigenvalue weighted by Gasteiger charge is 2.38. The van der Waals surface area contributed by atoms with Crippen molar-refractivity contribution in [1.82, 2.24) is 0 Å². The van der Waals surface area contributed by atoms with E-state index < -0.39 is 0 Å². The third-order valence-electron chi connectivity index (χ3n) is 6.37. The Hall–Kier alpha value is -3.60. The fraction of sp³-hybridized carbons (Fsp3) is 0.286. The quantitative estimate of drug-likeness (QED) is 0.518. The fourth-order valence-electron chi connectivity index (χ4n) is 4.61. The van der Waals surface area contributed by atoms with E-state index in [1.54, 1.807) is 31.4 Å². The van der Waals surface area contributed by atoms with Crippen LogP contribution in [0.2, 0.25) is 0 Å². The number of rotatable bonds is 5. The van der Waals surface area contributed by atoms with Crippen molar-refractivity contribution in [2.45, 2.75) is 39.2 Å². The Bertz CT molecular complexity index is 1140. The molecule has 5 nitrogen and oxygen atoms in total. The van der Waals surface area contributed by atoms with E-state index in [9.17, 15) is 9.59 Å². The summed E-state index contributed by atoms with van der Waals surface area (Å²) in [6, 6.07) is 22.8. The van der Waals surface area contributed by atoms with E-state index in [0.29, 0.717) is 24.3 Å². The minimum absolute atomic E-state index is 0.0669. The molecule has 1 heterocycles. The number of benzene rings is 3. The Morgan fingerprint density at radius 1 is 1.00 bits per heavy atom. The normalized spacial score (nSPS) is 17.3. The van der Waals surface area contributed by atoms with Gasteiger partial charge in [0.2, 0.25) is 5.91 Å². The maximum absolute atomic E-state index is 13.7. The van der Waals surface area contributed by atoms with Crippen LogP contribution in [0.1, 0.15) is 47.7 Å². The lowest BCUT2D eigenvalue weighted by Crippen LogP contribution is -2.46. The maximum Gasteiger partial charge on any atom is 0.258 e. The van der Waals surface area contributed by atoms with E-state index in [1.807, 2.05) is 79.1 Å². The SMILES string of the molecule is CCN(C(=O)[C@@H]1C[C@@H](C)N(C(=O)c2ccc(OC)cc2)c2ccccc21)c1ccc(C)cc1. The first-order valence-corrected chi connectivity index (χ1v) is 11.4. The molecule has 1 aliphatic rings. The molecule has 170 valence electrons. The molecule has 0 bridgehead atoms. The van der Waals surface area contributed by atoms with Gasteiger partial charge in [-0.3, -0.25) is 9.59 Å². The Kier molecular flexibility index (Phi) is 6.50. The van der Waals surface area contributed by atoms with Crippen LogP contribution in [0.25, 0.3) is 0 Å². The van der Waals surface area contributed by atoms with Crippen LogP contribution in [0.5, 0.6) is 5.75 Å². The summed E-state index contributed by atoms with van der Waals surface area (Å²) in [6.07, 6.45) is 0.570. The molecule has 0 saturated carbocycles. The van der Waals surface area contributed by atoms with Crippen molar-refractivity contribution in [3.63, 3.8) is 0 Å². The molecule has 0 fully saturated rings. The van der Waals surface area contributed by atoms with E-state index in [1.165, 1.54) is 0 Å². The summed E-state index contributed by atoms with van der Waals surface area (Å²) in [6.45, 7) is 6.63. The van der Waals surface area contributed by atoms with Gasteiger partial charge in [-0.25, -0.2) is 0 Å². The lowest BCUT2D eigenvalue weighted by atomic mass is 9.84. The lowest BCUT2D eigenvalue weighted by molar-refractivity contribution is -0.120. The van der Waals surface area contributed by atoms with Gasteiger partial charge in [-0.05, 0) is 75.2 Å². The molecule has 2 atom stereocenters. The van der Waals surface area contributed by atoms with Crippen LogP contribution in [0.3, 0.4) is 0 Å². The van der Waals surface area contributed by atoms with Gasteiger partial charge in [-0.15, -0.1) is 0 Å². The third-order valence-corrected chi connectivity index (χ3v) is 6.37. The number of hydrogen-bond donors (Lipinski definition) is 0. The lowest BCUT2D eigenvalue weighted by Gasteiger charge is -2.40. The number of amides is 2. The summed E-state index contributed by atoms with van der Waals surface area (Å²) >= 11 is 0. The minimum atomic E-state index is -0.308. The summed E-state index contributed by atoms with van der Waals surface area (Å²) in [5.74, 6) is 0.393. The molecule has 0 saturated heterocycles. The average Bonchev–Trinajstić information content (AvgIpc) is 2.84. The molecule has 3 aromatic rings. The number of ether oxygens (including phenoxy) is 1. The summed E-state index contributed by atoms with van der Waals surface area (Å²) in [7, 11) is 1.60. The van der Waals surface area contributed by atoms with Crippen LogP contribution in [-0.4, -0.2) is 31.5 Å². The second-order valence-electron chi connectivity index (χ2n) is 8.52. The van der Waals surface area contributed by atoms with E-state index >= 15 is 0 Å². The van der Waals surface area contributed by atoms with E-state index in [-0.39, 0.29) is 23.8 Å². The average molecular weight is 443 g/mol. The van der Waals surface area contributed by atoms with Crippen LogP contribution >= 0.6 is 0 Å². The van der Waals surface area contributed by atoms with Crippen molar-refractivity contribution >= 4 is 23.2 Å². The zero-order chi connectivity index (χ0) is 23.5. The van der Waals surface area contributed by atoms with Gasteiger partial charge < -0.3 is 14.5 Å². The summed E-state index contributed by atoms with van der Waals surface area (Å²) < 4.78 is 5.22. The molecule has 2 amide bonds. The van der Waals surface area contributed by atoms with Crippen LogP contribution < -0.4 is 14.5 Å². The number of likely N-dealkylation sites (N-methyl/N-ethyl adjacent to an activating group) is 1. The van der Waals surface area contributed by atoms with Gasteiger partial charge in [0.15, 0.2) is 0 Å². The molecule has 33 heavy (non-hydrogen) atoms. The second-order valence-corrected chi connectivity index (χ2v) is 8.52. The molecule has 0 aromatic heterocycles. The predicted molar refractivity (Wildman–Crippen MR) is 132 cm³/mol. The molecule has 0 unspecified atom stereocenters. The van der Waals surface area contributed by atoms with Crippen LogP contribution in [0.15, 0.2) is 72.8 Å². The number of hydrogen-bond acceptors (Lipinski definition) is 3. The standard InChI is InChI=1S/C28H30N2O3/c1-5-29(22-14-10-19(2)11-15-22)28(32)25-18-20(3)30(26-9-7-6-8-24(25)26)27(31)21-12-16-23(33-4)17-13-21/h6-17,20,25H,5,18H2,1-4H3/t20-,25-/m1/s1. The largest absolute Gasteiger partial charge is 0.497 e. The summed E-state index contributed by atoms with van der Waals surface area (Å²) in [5.41, 5.74) is 4.35. The Labute approximate surface area is 195 Å². The molecule has 0 radical (unpaired) electrons. The Morgan fingerprint density at radius 3 is 2.30 bits per heavy atom. The van der Waals surface area contributed by atoms with Crippen LogP contribution in [-0.2, 0) is 4.79 Å². The van der Waals surface area contributed by atoms with Gasteiger partial charge in [0.1, 0.15) is 5.75 Å². The topological polar surface area (TPSA) is 49.9 Å². The molecule has 0 N–H and O–H groups in total. The molecule has 1 aliphatic heterocycles. The van der Waals surface area contributed by atoms with Crippen LogP contribution in [0.4, 0.5) is 11.4 Å². The summed E-state index contributed by atoms with van der Waals surface area (Å²) in [4.78, 5) is 30.9. The molecule has 0 spiro atoms. The van der Waals surface area contributed by atoms with Gasteiger partial charge >= 0.3 is 0 Å². The first-order valence-electron chi connectivity index (χ1n) is 11.4. The number of aryl methyl sites for hydroxylation is 1. The number of carbonyl (C=O) groups excluding carboxylic acids is 2. The number of carbonyl (C=O) groups is 2. The smallest absolute Gasteiger partial charge is 0.258 e. The van der Waals surface area contributed by atoms with Crippen molar-refractivity contribution in [3.05, 3.63) is 89.5 Å². The summed E-state index contributed by atoms with van der Waals surface area (Å²) in [5, 5.41) is 0. The van der Waals surface area contributed by atoms with Crippen molar-refractivity contribution in [2.24, 2.45) is 0 Å². The molecule has 3 aromatic carbocycles. The Balaban J connectivity index is 1.68. The highest BCUT2D eigenvalue weighted by molar-refractivity contribution is 6.09. The van der Waals surface area contributed by atoms with Crippen molar-refractivity contribution in [3.8, 4) is 5.75 Å². The second kappa shape index (κ2) is 9.49. The van der Waals surface area contributed by atoms with E-state index in [4.69, 9.17) is 4.74 Å². The maximum atomic E-state index is 13.7. The highest BCUT2D eigenvalue weighted by Crippen LogP contribution is 2.40. The van der Waals surface area contributed by atoms with Crippen molar-refractivity contribution in [2.75, 3.05) is 23.5 Å². The molecular weight excluding hydrogens is 412 g/mol. The molecule has 5 heteroatoms. The number of fused-ring (bicyclic) bond motifs is 1. The molecular formula is C28H30N2O3. The zero-order valence-electron chi connectivity index (χ0n) is 19.6. The first kappa shape index (κ1) is 22.6. The Morgan fingerprint density at radius 2 is 1.67 bits per heavy atom. The molecule has 0 aliphatic carbocycles. The number of para-hydroxylation sites is 1. The molecule has 4 rings (SSSR count). The minimum Gasteiger partial charge on any atom is -0.497 e. The number of methoxy groups -OCH3 is 1. The first-order chi connectivity index (χ1) is 15.9. The van der Waals surface area contributed by atoms with E-state index in [2.05, 4.69) is 0 Å². The van der Waals surface area contributed by atoms with Gasteiger partial charge in [0.25, 0.3) is 5.91 Å². The van der Waals surface area contributed by atoms with Gasteiger partial charge in [0, 0.05) is 29.5 Å². The van der Waals surface area contributed by atoms with Crippen LogP contribution in [0, 0.1) is 6.92 Å². The van der Waals surface area contributed by atoms with E-state index in [0.717, 1.165) is 22.5 Å². The van der Waals surface area contributed by atoms with Crippen molar-refractivity contribution in [1.29, 1.82) is 0 Å². The number of nitrogens with zero attached hydrogens (tertiary/aromatic N) is 2. The van der Waals surface area contributed by atoms with Gasteiger partial charge in [-0.1, -0.05) is 35.9 Å². The zero-order valence-corrected chi connectivity index (χ0v) is 19.6. The highest BCUT2D eigenvalue weighted by atomic mass is 16.5. The predicted octanol–water partition coefficient (Wildman–Crippen LogP) is 5.58. The van der Waals surface area contributed by atoms with Crippen molar-refractivity contribution < 1.29 is 14.3 Å². The van der Waals surface area contributed by atoms with Gasteiger partial charge in [0.05, 0.1) is 13.0 Å². The monoisotopic (exact) mass is 442 g/mol. The third kappa shape index (κ3) is 4.36.